The first-order valence-electron chi connectivity index (χ1n) is 11.9. The van der Waals surface area contributed by atoms with E-state index in [0.717, 1.165) is 39.5 Å². The molecule has 9 nitrogen and oxygen atoms in total. The van der Waals surface area contributed by atoms with Crippen molar-refractivity contribution in [2.45, 2.75) is 19.5 Å². The zero-order valence-corrected chi connectivity index (χ0v) is 21.2. The van der Waals surface area contributed by atoms with Gasteiger partial charge >= 0.3 is 0 Å². The number of amides is 1. The summed E-state index contributed by atoms with van der Waals surface area (Å²) < 4.78 is 6.32. The highest BCUT2D eigenvalue weighted by atomic mass is 35.5. The van der Waals surface area contributed by atoms with Gasteiger partial charge < -0.3 is 14.4 Å². The SMILES string of the molecule is Cc1nnc2ccc3c(cc(-c4ccn(C5CN(C(=O)CN(C)C)C5)n4)n3Cc3cccc(Cl)c3)n12. The van der Waals surface area contributed by atoms with Crippen LogP contribution in [0.15, 0.2) is 54.7 Å². The summed E-state index contributed by atoms with van der Waals surface area (Å²) in [6, 6.07) is 16.4. The molecule has 4 aromatic heterocycles. The summed E-state index contributed by atoms with van der Waals surface area (Å²) in [7, 11) is 3.82. The molecule has 0 N–H and O–H groups in total. The number of hydrogen-bond acceptors (Lipinski definition) is 5. The second-order valence-corrected chi connectivity index (χ2v) is 10.1. The first-order valence-corrected chi connectivity index (χ1v) is 12.3. The number of carbonyl (C=O) groups excluding carboxylic acids is 1. The first-order chi connectivity index (χ1) is 17.4. The fourth-order valence-corrected chi connectivity index (χ4v) is 5.13. The van der Waals surface area contributed by atoms with Gasteiger partial charge in [-0.2, -0.15) is 5.10 Å². The van der Waals surface area contributed by atoms with Crippen LogP contribution in [0.3, 0.4) is 0 Å². The van der Waals surface area contributed by atoms with Crippen molar-refractivity contribution in [1.29, 1.82) is 0 Å². The number of halogens is 1. The summed E-state index contributed by atoms with van der Waals surface area (Å²) in [5.74, 6) is 0.989. The molecule has 5 aromatic rings. The predicted molar refractivity (Wildman–Crippen MR) is 139 cm³/mol. The Morgan fingerprint density at radius 2 is 1.92 bits per heavy atom. The van der Waals surface area contributed by atoms with Crippen molar-refractivity contribution in [1.82, 2.24) is 38.7 Å². The highest BCUT2D eigenvalue weighted by Gasteiger charge is 2.32. The summed E-state index contributed by atoms with van der Waals surface area (Å²) in [6.07, 6.45) is 2.01. The summed E-state index contributed by atoms with van der Waals surface area (Å²) in [5, 5.41) is 14.2. The molecule has 1 fully saturated rings. The van der Waals surface area contributed by atoms with Crippen LogP contribution < -0.4 is 0 Å². The lowest BCUT2D eigenvalue weighted by molar-refractivity contribution is -0.137. The van der Waals surface area contributed by atoms with Gasteiger partial charge in [0.1, 0.15) is 11.5 Å². The predicted octanol–water partition coefficient (Wildman–Crippen LogP) is 3.50. The van der Waals surface area contributed by atoms with E-state index in [1.165, 1.54) is 0 Å². The van der Waals surface area contributed by atoms with Crippen LogP contribution in [0.1, 0.15) is 17.4 Å². The largest absolute Gasteiger partial charge is 0.337 e. The zero-order valence-electron chi connectivity index (χ0n) is 20.5. The number of likely N-dealkylation sites (tertiary alicyclic amines) is 1. The maximum Gasteiger partial charge on any atom is 0.236 e. The Balaban J connectivity index is 1.37. The van der Waals surface area contributed by atoms with E-state index in [-0.39, 0.29) is 11.9 Å². The fourth-order valence-electron chi connectivity index (χ4n) is 4.92. The van der Waals surface area contributed by atoms with Crippen LogP contribution >= 0.6 is 11.6 Å². The second kappa shape index (κ2) is 8.76. The number of carbonyl (C=O) groups is 1. The quantitative estimate of drug-likeness (QED) is 0.355. The van der Waals surface area contributed by atoms with Crippen molar-refractivity contribution in [3.63, 3.8) is 0 Å². The van der Waals surface area contributed by atoms with Crippen LogP contribution in [-0.2, 0) is 11.3 Å². The van der Waals surface area contributed by atoms with E-state index < -0.39 is 0 Å². The molecule has 0 aliphatic carbocycles. The van der Waals surface area contributed by atoms with Crippen LogP contribution in [0.25, 0.3) is 28.1 Å². The number of pyridine rings is 1. The Hall–Kier alpha value is -3.69. The normalized spacial score (nSPS) is 14.3. The molecule has 6 rings (SSSR count). The third kappa shape index (κ3) is 3.94. The van der Waals surface area contributed by atoms with E-state index in [0.29, 0.717) is 31.2 Å². The van der Waals surface area contributed by atoms with E-state index in [2.05, 4.69) is 37.4 Å². The molecule has 0 bridgehead atoms. The molecule has 0 spiro atoms. The summed E-state index contributed by atoms with van der Waals surface area (Å²) in [6.45, 7) is 4.40. The zero-order chi connectivity index (χ0) is 25.0. The molecule has 0 radical (unpaired) electrons. The molecular formula is C26H27ClN8O. The fraction of sp³-hybridized carbons (Fsp3) is 0.308. The molecule has 1 aliphatic heterocycles. The van der Waals surface area contributed by atoms with Crippen LogP contribution in [0.2, 0.25) is 5.02 Å². The third-order valence-corrected chi connectivity index (χ3v) is 6.97. The van der Waals surface area contributed by atoms with Crippen molar-refractivity contribution in [2.24, 2.45) is 0 Å². The Morgan fingerprint density at radius 1 is 1.08 bits per heavy atom. The number of nitrogens with zero attached hydrogens (tertiary/aromatic N) is 8. The number of fused-ring (bicyclic) bond motifs is 3. The Labute approximate surface area is 213 Å². The highest BCUT2D eigenvalue weighted by Crippen LogP contribution is 2.31. The van der Waals surface area contributed by atoms with Gasteiger partial charge in [-0.25, -0.2) is 0 Å². The number of hydrogen-bond donors (Lipinski definition) is 0. The van der Waals surface area contributed by atoms with Crippen molar-refractivity contribution in [3.05, 3.63) is 71.1 Å². The van der Waals surface area contributed by atoms with Crippen LogP contribution in [0.4, 0.5) is 0 Å². The lowest BCUT2D eigenvalue weighted by Gasteiger charge is -2.39. The number of aromatic nitrogens is 6. The molecule has 1 aromatic carbocycles. The van der Waals surface area contributed by atoms with Gasteiger partial charge in [0.25, 0.3) is 0 Å². The summed E-state index contributed by atoms with van der Waals surface area (Å²) in [4.78, 5) is 16.1. The standard InChI is InChI=1S/C26H27ClN8O/c1-17-28-29-25-8-7-22-24(35(17)25)12-23(33(22)13-18-5-4-6-19(27)11-18)21-9-10-34(30-21)20-14-32(15-20)26(36)16-31(2)3/h4-12,20H,13-16H2,1-3H3. The van der Waals surface area contributed by atoms with Gasteiger partial charge in [-0.1, -0.05) is 23.7 Å². The van der Waals surface area contributed by atoms with Gasteiger partial charge in [0, 0.05) is 30.9 Å². The number of rotatable bonds is 6. The Morgan fingerprint density at radius 3 is 2.69 bits per heavy atom. The molecule has 0 saturated carbocycles. The lowest BCUT2D eigenvalue weighted by atomic mass is 10.1. The number of benzene rings is 1. The number of likely N-dealkylation sites (N-methyl/N-ethyl adjacent to an activating group) is 1. The monoisotopic (exact) mass is 502 g/mol. The average Bonchev–Trinajstić information content (AvgIpc) is 3.50. The van der Waals surface area contributed by atoms with Gasteiger partial charge in [0.05, 0.1) is 29.3 Å². The van der Waals surface area contributed by atoms with Gasteiger partial charge in [-0.3, -0.25) is 13.9 Å². The molecule has 184 valence electrons. The molecule has 5 heterocycles. The van der Waals surface area contributed by atoms with Crippen molar-refractivity contribution in [3.8, 4) is 11.4 Å². The van der Waals surface area contributed by atoms with E-state index >= 15 is 0 Å². The molecule has 1 saturated heterocycles. The van der Waals surface area contributed by atoms with Gasteiger partial charge in [0.15, 0.2) is 5.65 Å². The van der Waals surface area contributed by atoms with Crippen LogP contribution in [0.5, 0.6) is 0 Å². The topological polar surface area (TPSA) is 76.5 Å². The minimum Gasteiger partial charge on any atom is -0.337 e. The maximum absolute atomic E-state index is 12.3. The molecule has 10 heteroatoms. The van der Waals surface area contributed by atoms with Gasteiger partial charge in [-0.05, 0) is 63.0 Å². The lowest BCUT2D eigenvalue weighted by Crippen LogP contribution is -2.53. The van der Waals surface area contributed by atoms with Crippen LogP contribution in [-0.4, -0.2) is 78.4 Å². The molecule has 0 unspecified atom stereocenters. The minimum atomic E-state index is 0.151. The molecule has 36 heavy (non-hydrogen) atoms. The highest BCUT2D eigenvalue weighted by molar-refractivity contribution is 6.30. The summed E-state index contributed by atoms with van der Waals surface area (Å²) in [5.41, 5.74) is 5.91. The van der Waals surface area contributed by atoms with Crippen molar-refractivity contribution < 1.29 is 4.79 Å². The molecule has 0 atom stereocenters. The van der Waals surface area contributed by atoms with Crippen molar-refractivity contribution in [2.75, 3.05) is 33.7 Å². The maximum atomic E-state index is 12.3. The average molecular weight is 503 g/mol. The van der Waals surface area contributed by atoms with E-state index in [1.807, 2.05) is 72.0 Å². The molecule has 1 amide bonds. The first kappa shape index (κ1) is 22.8. The Bertz CT molecular complexity index is 1590. The minimum absolute atomic E-state index is 0.151. The Kier molecular flexibility index (Phi) is 5.54. The van der Waals surface area contributed by atoms with E-state index in [1.54, 1.807) is 0 Å². The van der Waals surface area contributed by atoms with E-state index in [4.69, 9.17) is 16.7 Å². The third-order valence-electron chi connectivity index (χ3n) is 6.74. The number of aryl methyl sites for hydroxylation is 1. The van der Waals surface area contributed by atoms with Crippen LogP contribution in [0, 0.1) is 6.92 Å². The van der Waals surface area contributed by atoms with Gasteiger partial charge in [0.2, 0.25) is 5.91 Å². The second-order valence-electron chi connectivity index (χ2n) is 9.66. The van der Waals surface area contributed by atoms with Crippen molar-refractivity contribution >= 4 is 34.2 Å². The summed E-state index contributed by atoms with van der Waals surface area (Å²) >= 11 is 6.29. The van der Waals surface area contributed by atoms with Gasteiger partial charge in [-0.15, -0.1) is 10.2 Å². The van der Waals surface area contributed by atoms with E-state index in [9.17, 15) is 4.79 Å². The smallest absolute Gasteiger partial charge is 0.236 e. The molecule has 1 aliphatic rings. The molecular weight excluding hydrogens is 476 g/mol.